The van der Waals surface area contributed by atoms with Gasteiger partial charge in [0.1, 0.15) is 5.01 Å². The Balaban J connectivity index is 1.51. The Morgan fingerprint density at radius 1 is 1.33 bits per heavy atom. The summed E-state index contributed by atoms with van der Waals surface area (Å²) < 4.78 is 5.10. The fourth-order valence-corrected chi connectivity index (χ4v) is 3.92. The molecule has 1 aromatic heterocycles. The van der Waals surface area contributed by atoms with Gasteiger partial charge in [-0.3, -0.25) is 9.59 Å². The maximum Gasteiger partial charge on any atom is 0.231 e. The van der Waals surface area contributed by atoms with E-state index in [0.717, 1.165) is 17.8 Å². The Morgan fingerprint density at radius 3 is 2.85 bits per heavy atom. The van der Waals surface area contributed by atoms with E-state index in [9.17, 15) is 9.59 Å². The van der Waals surface area contributed by atoms with Gasteiger partial charge in [0, 0.05) is 26.5 Å². The highest BCUT2D eigenvalue weighted by Crippen LogP contribution is 2.23. The molecule has 0 radical (unpaired) electrons. The number of amides is 2. The van der Waals surface area contributed by atoms with Crippen LogP contribution in [0.2, 0.25) is 0 Å². The van der Waals surface area contributed by atoms with Crippen LogP contribution in [0, 0.1) is 5.92 Å². The number of methoxy groups -OCH3 is 1. The van der Waals surface area contributed by atoms with Crippen LogP contribution in [0.5, 0.6) is 0 Å². The number of nitrogens with one attached hydrogen (secondary N) is 1. The molecule has 3 rings (SSSR count). The normalized spacial score (nSPS) is 17.9. The fourth-order valence-electron chi connectivity index (χ4n) is 3.17. The molecule has 1 aliphatic heterocycles. The monoisotopic (exact) mass is 388 g/mol. The van der Waals surface area contributed by atoms with Gasteiger partial charge >= 0.3 is 0 Å². The van der Waals surface area contributed by atoms with Crippen molar-refractivity contribution >= 4 is 28.3 Å². The zero-order chi connectivity index (χ0) is 19.2. The number of aromatic nitrogens is 2. The number of carbonyl (C=O) groups excluding carboxylic acids is 2. The lowest BCUT2D eigenvalue weighted by atomic mass is 10.1. The highest BCUT2D eigenvalue weighted by Gasteiger charge is 2.36. The average Bonchev–Trinajstić information content (AvgIpc) is 3.27. The summed E-state index contributed by atoms with van der Waals surface area (Å²) in [6.07, 6.45) is 1.88. The van der Waals surface area contributed by atoms with E-state index in [0.29, 0.717) is 18.3 Å². The second kappa shape index (κ2) is 9.05. The van der Waals surface area contributed by atoms with Crippen LogP contribution < -0.4 is 5.32 Å². The van der Waals surface area contributed by atoms with Crippen LogP contribution >= 0.6 is 11.3 Å². The van der Waals surface area contributed by atoms with Crippen LogP contribution in [-0.2, 0) is 27.2 Å². The minimum absolute atomic E-state index is 0.0134. The molecule has 0 aliphatic carbocycles. The zero-order valence-electron chi connectivity index (χ0n) is 15.6. The highest BCUT2D eigenvalue weighted by molar-refractivity contribution is 7.15. The second-order valence-electron chi connectivity index (χ2n) is 6.73. The molecule has 2 amide bonds. The van der Waals surface area contributed by atoms with Gasteiger partial charge in [0.2, 0.25) is 16.9 Å². The smallest absolute Gasteiger partial charge is 0.231 e. The Hall–Kier alpha value is -2.32. The molecule has 27 heavy (non-hydrogen) atoms. The molecule has 0 saturated carbocycles. The van der Waals surface area contributed by atoms with Crippen molar-refractivity contribution in [3.05, 3.63) is 40.9 Å². The summed E-state index contributed by atoms with van der Waals surface area (Å²) in [7, 11) is 1.60. The second-order valence-corrected chi connectivity index (χ2v) is 7.79. The van der Waals surface area contributed by atoms with Crippen molar-refractivity contribution in [1.82, 2.24) is 15.1 Å². The number of anilines is 1. The summed E-state index contributed by atoms with van der Waals surface area (Å²) >= 11 is 1.38. The average molecular weight is 388 g/mol. The lowest BCUT2D eigenvalue weighted by Gasteiger charge is -2.23. The minimum Gasteiger partial charge on any atom is -0.383 e. The largest absolute Gasteiger partial charge is 0.383 e. The van der Waals surface area contributed by atoms with Crippen molar-refractivity contribution in [1.29, 1.82) is 0 Å². The first-order valence-corrected chi connectivity index (χ1v) is 9.84. The topological polar surface area (TPSA) is 84.4 Å². The van der Waals surface area contributed by atoms with Crippen molar-refractivity contribution in [3.63, 3.8) is 0 Å². The molecule has 1 fully saturated rings. The van der Waals surface area contributed by atoms with Gasteiger partial charge in [-0.05, 0) is 18.9 Å². The molecule has 2 heterocycles. The van der Waals surface area contributed by atoms with Gasteiger partial charge in [0.15, 0.2) is 0 Å². The number of likely N-dealkylation sites (tertiary alicyclic amines) is 1. The Labute approximate surface area is 162 Å². The molecule has 8 heteroatoms. The Bertz CT molecular complexity index is 780. The molecular formula is C19H24N4O3S. The third-order valence-electron chi connectivity index (χ3n) is 4.64. The lowest BCUT2D eigenvalue weighted by molar-refractivity contribution is -0.130. The Morgan fingerprint density at radius 2 is 2.11 bits per heavy atom. The molecule has 1 aromatic carbocycles. The Kier molecular flexibility index (Phi) is 6.52. The van der Waals surface area contributed by atoms with Gasteiger partial charge in [-0.1, -0.05) is 41.7 Å². The van der Waals surface area contributed by atoms with E-state index >= 15 is 0 Å². The molecule has 1 aliphatic rings. The zero-order valence-corrected chi connectivity index (χ0v) is 16.4. The van der Waals surface area contributed by atoms with Crippen LogP contribution in [0.4, 0.5) is 5.13 Å². The molecule has 0 unspecified atom stereocenters. The number of ether oxygens (including phenoxy) is 1. The molecule has 2 aromatic rings. The SMILES string of the molecule is COC[C@H](C)N1C[C@@H](C(=O)Nc2nnc(CCc3ccccc3)s2)CC1=O. The number of rotatable bonds is 8. The molecule has 0 bridgehead atoms. The molecule has 7 nitrogen and oxygen atoms in total. The minimum atomic E-state index is -0.367. The van der Waals surface area contributed by atoms with Crippen molar-refractivity contribution < 1.29 is 14.3 Å². The summed E-state index contributed by atoms with van der Waals surface area (Å²) in [4.78, 5) is 26.3. The predicted molar refractivity (Wildman–Crippen MR) is 104 cm³/mol. The van der Waals surface area contributed by atoms with Crippen LogP contribution in [0.15, 0.2) is 30.3 Å². The maximum absolute atomic E-state index is 12.5. The molecule has 144 valence electrons. The third-order valence-corrected chi connectivity index (χ3v) is 5.53. The van der Waals surface area contributed by atoms with E-state index in [2.05, 4.69) is 27.6 Å². The van der Waals surface area contributed by atoms with E-state index in [-0.39, 0.29) is 30.2 Å². The highest BCUT2D eigenvalue weighted by atomic mass is 32.1. The van der Waals surface area contributed by atoms with Crippen molar-refractivity contribution in [2.75, 3.05) is 25.6 Å². The third kappa shape index (κ3) is 5.11. The first-order valence-electron chi connectivity index (χ1n) is 9.02. The maximum atomic E-state index is 12.5. The number of nitrogens with zero attached hydrogens (tertiary/aromatic N) is 3. The van der Waals surface area contributed by atoms with Gasteiger partial charge in [-0.15, -0.1) is 10.2 Å². The summed E-state index contributed by atoms with van der Waals surface area (Å²) in [5.74, 6) is -0.560. The van der Waals surface area contributed by atoms with Gasteiger partial charge < -0.3 is 15.0 Å². The van der Waals surface area contributed by atoms with E-state index in [1.807, 2.05) is 25.1 Å². The van der Waals surface area contributed by atoms with Gasteiger partial charge in [0.05, 0.1) is 18.6 Å². The van der Waals surface area contributed by atoms with Crippen molar-refractivity contribution in [2.45, 2.75) is 32.2 Å². The summed E-state index contributed by atoms with van der Waals surface area (Å²) in [5.41, 5.74) is 1.24. The van der Waals surface area contributed by atoms with E-state index in [4.69, 9.17) is 4.74 Å². The quantitative estimate of drug-likeness (QED) is 0.749. The van der Waals surface area contributed by atoms with E-state index < -0.39 is 0 Å². The van der Waals surface area contributed by atoms with Crippen molar-refractivity contribution in [2.24, 2.45) is 5.92 Å². The van der Waals surface area contributed by atoms with Crippen molar-refractivity contribution in [3.8, 4) is 0 Å². The number of hydrogen-bond donors (Lipinski definition) is 1. The first kappa shape index (κ1) is 19.4. The van der Waals surface area contributed by atoms with E-state index in [1.165, 1.54) is 16.9 Å². The first-order chi connectivity index (χ1) is 13.1. The van der Waals surface area contributed by atoms with Crippen LogP contribution in [0.25, 0.3) is 0 Å². The van der Waals surface area contributed by atoms with Gasteiger partial charge in [-0.25, -0.2) is 0 Å². The predicted octanol–water partition coefficient (Wildman–Crippen LogP) is 2.15. The number of aryl methyl sites for hydroxylation is 2. The van der Waals surface area contributed by atoms with E-state index in [1.54, 1.807) is 12.0 Å². The summed E-state index contributed by atoms with van der Waals surface area (Å²) in [6.45, 7) is 2.79. The van der Waals surface area contributed by atoms with Gasteiger partial charge in [0.25, 0.3) is 0 Å². The van der Waals surface area contributed by atoms with Crippen LogP contribution in [0.3, 0.4) is 0 Å². The van der Waals surface area contributed by atoms with Crippen LogP contribution in [-0.4, -0.2) is 53.2 Å². The fraction of sp³-hybridized carbons (Fsp3) is 0.474. The number of benzene rings is 1. The molecule has 2 atom stereocenters. The van der Waals surface area contributed by atoms with Crippen LogP contribution in [0.1, 0.15) is 23.9 Å². The molecule has 0 spiro atoms. The molecule has 1 saturated heterocycles. The lowest BCUT2D eigenvalue weighted by Crippen LogP contribution is -2.38. The standard InChI is InChI=1S/C19H24N4O3S/c1-13(12-26-2)23-11-15(10-17(23)24)18(25)20-19-22-21-16(27-19)9-8-14-6-4-3-5-7-14/h3-7,13,15H,8-12H2,1-2H3,(H,20,22,25)/t13-,15-/m0/s1. The number of carbonyl (C=O) groups is 2. The number of hydrogen-bond acceptors (Lipinski definition) is 6. The van der Waals surface area contributed by atoms with Gasteiger partial charge in [-0.2, -0.15) is 0 Å². The summed E-state index contributed by atoms with van der Waals surface area (Å²) in [6, 6.07) is 10.1. The summed E-state index contributed by atoms with van der Waals surface area (Å²) in [5, 5.41) is 12.4. The molecular weight excluding hydrogens is 364 g/mol. The molecule has 1 N–H and O–H groups in total.